The van der Waals surface area contributed by atoms with Gasteiger partial charge in [-0.15, -0.1) is 0 Å². The molecule has 3 heteroatoms. The minimum atomic E-state index is 0.134. The Morgan fingerprint density at radius 3 is 2.32 bits per heavy atom. The molecule has 0 aliphatic heterocycles. The highest BCUT2D eigenvalue weighted by atomic mass is 16.6. The van der Waals surface area contributed by atoms with E-state index in [9.17, 15) is 0 Å². The third kappa shape index (κ3) is 4.09. The lowest BCUT2D eigenvalue weighted by molar-refractivity contribution is 0.00697. The largest absolute Gasteiger partial charge is 0.497 e. The van der Waals surface area contributed by atoms with Gasteiger partial charge in [-0.05, 0) is 30.2 Å². The van der Waals surface area contributed by atoms with E-state index in [0.29, 0.717) is 6.61 Å². The van der Waals surface area contributed by atoms with E-state index in [0.717, 1.165) is 16.9 Å². The molecule has 2 aromatic carbocycles. The Balaban J connectivity index is 1.82. The number of hydrogen-bond donors (Lipinski definition) is 1. The minimum Gasteiger partial charge on any atom is -0.497 e. The fourth-order valence-corrected chi connectivity index (χ4v) is 1.78. The number of nitrogens with one attached hydrogen (secondary N) is 1. The molecule has 0 fully saturated rings. The van der Waals surface area contributed by atoms with Crippen molar-refractivity contribution in [3.05, 3.63) is 65.7 Å². The molecule has 0 spiro atoms. The van der Waals surface area contributed by atoms with Gasteiger partial charge >= 0.3 is 0 Å². The molecule has 0 aromatic heterocycles. The molecule has 1 unspecified atom stereocenters. The summed E-state index contributed by atoms with van der Waals surface area (Å²) in [7, 11) is 1.67. The molecule has 19 heavy (non-hydrogen) atoms. The molecule has 0 radical (unpaired) electrons. The Morgan fingerprint density at radius 2 is 1.68 bits per heavy atom. The standard InChI is InChI=1S/C16H19NO2/c1-13(15-8-10-16(18-2)11-9-15)17-19-12-14-6-4-3-5-7-14/h3-11,13,17H,12H2,1-2H3. The Bertz CT molecular complexity index is 482. The van der Waals surface area contributed by atoms with Crippen LogP contribution in [-0.2, 0) is 11.4 Å². The molecule has 0 bridgehead atoms. The quantitative estimate of drug-likeness (QED) is 0.804. The average molecular weight is 257 g/mol. The first-order valence-corrected chi connectivity index (χ1v) is 6.35. The molecule has 0 heterocycles. The van der Waals surface area contributed by atoms with Crippen LogP contribution in [0.4, 0.5) is 0 Å². The molecule has 0 aliphatic carbocycles. The predicted molar refractivity (Wildman–Crippen MR) is 75.8 cm³/mol. The van der Waals surface area contributed by atoms with Gasteiger partial charge in [0, 0.05) is 0 Å². The van der Waals surface area contributed by atoms with E-state index in [-0.39, 0.29) is 6.04 Å². The molecule has 100 valence electrons. The highest BCUT2D eigenvalue weighted by Gasteiger charge is 2.05. The molecular weight excluding hydrogens is 238 g/mol. The zero-order valence-electron chi connectivity index (χ0n) is 11.3. The van der Waals surface area contributed by atoms with Crippen LogP contribution in [0, 0.1) is 0 Å². The Hall–Kier alpha value is -1.84. The first-order valence-electron chi connectivity index (χ1n) is 6.35. The van der Waals surface area contributed by atoms with Gasteiger partial charge in [0.05, 0.1) is 19.8 Å². The summed E-state index contributed by atoms with van der Waals surface area (Å²) < 4.78 is 5.14. The van der Waals surface area contributed by atoms with E-state index in [4.69, 9.17) is 9.57 Å². The maximum atomic E-state index is 5.51. The van der Waals surface area contributed by atoms with Crippen molar-refractivity contribution in [1.82, 2.24) is 5.48 Å². The normalized spacial score (nSPS) is 12.1. The van der Waals surface area contributed by atoms with Crippen LogP contribution in [0.1, 0.15) is 24.1 Å². The predicted octanol–water partition coefficient (Wildman–Crippen LogP) is 3.48. The van der Waals surface area contributed by atoms with Crippen LogP contribution in [0.3, 0.4) is 0 Å². The third-order valence-corrected chi connectivity index (χ3v) is 2.96. The van der Waals surface area contributed by atoms with Crippen LogP contribution in [0.5, 0.6) is 5.75 Å². The number of methoxy groups -OCH3 is 1. The van der Waals surface area contributed by atoms with Gasteiger partial charge in [0.25, 0.3) is 0 Å². The van der Waals surface area contributed by atoms with Crippen LogP contribution in [0.2, 0.25) is 0 Å². The van der Waals surface area contributed by atoms with Crippen molar-refractivity contribution in [2.45, 2.75) is 19.6 Å². The molecular formula is C16H19NO2. The molecule has 3 nitrogen and oxygen atoms in total. The van der Waals surface area contributed by atoms with Gasteiger partial charge in [-0.3, -0.25) is 4.84 Å². The zero-order chi connectivity index (χ0) is 13.5. The Labute approximate surface area is 114 Å². The molecule has 2 aromatic rings. The van der Waals surface area contributed by atoms with Gasteiger partial charge < -0.3 is 4.74 Å². The molecule has 0 saturated heterocycles. The van der Waals surface area contributed by atoms with Crippen LogP contribution in [-0.4, -0.2) is 7.11 Å². The number of hydrogen-bond acceptors (Lipinski definition) is 3. The summed E-state index contributed by atoms with van der Waals surface area (Å²) in [4.78, 5) is 5.51. The topological polar surface area (TPSA) is 30.5 Å². The lowest BCUT2D eigenvalue weighted by Gasteiger charge is -2.14. The van der Waals surface area contributed by atoms with Crippen molar-refractivity contribution in [3.8, 4) is 5.75 Å². The third-order valence-electron chi connectivity index (χ3n) is 2.96. The van der Waals surface area contributed by atoms with Crippen molar-refractivity contribution in [2.75, 3.05) is 7.11 Å². The monoisotopic (exact) mass is 257 g/mol. The van der Waals surface area contributed by atoms with E-state index >= 15 is 0 Å². The summed E-state index contributed by atoms with van der Waals surface area (Å²) in [6.07, 6.45) is 0. The minimum absolute atomic E-state index is 0.134. The molecule has 1 N–H and O–H groups in total. The van der Waals surface area contributed by atoms with Crippen LogP contribution >= 0.6 is 0 Å². The summed E-state index contributed by atoms with van der Waals surface area (Å²) in [5.74, 6) is 0.862. The van der Waals surface area contributed by atoms with Gasteiger partial charge in [-0.25, -0.2) is 0 Å². The van der Waals surface area contributed by atoms with Crippen LogP contribution in [0.25, 0.3) is 0 Å². The Kier molecular flexibility index (Phi) is 4.95. The van der Waals surface area contributed by atoms with Gasteiger partial charge in [0.2, 0.25) is 0 Å². The zero-order valence-corrected chi connectivity index (χ0v) is 11.3. The second-order valence-electron chi connectivity index (χ2n) is 4.39. The van der Waals surface area contributed by atoms with Gasteiger partial charge in [-0.2, -0.15) is 5.48 Å². The first-order chi connectivity index (χ1) is 9.29. The lowest BCUT2D eigenvalue weighted by Crippen LogP contribution is -2.18. The summed E-state index contributed by atoms with van der Waals surface area (Å²) >= 11 is 0. The van der Waals surface area contributed by atoms with Crippen molar-refractivity contribution in [3.63, 3.8) is 0 Å². The van der Waals surface area contributed by atoms with Crippen LogP contribution < -0.4 is 10.2 Å². The van der Waals surface area contributed by atoms with Crippen molar-refractivity contribution in [2.24, 2.45) is 0 Å². The highest BCUT2D eigenvalue weighted by Crippen LogP contribution is 2.17. The van der Waals surface area contributed by atoms with Crippen molar-refractivity contribution >= 4 is 0 Å². The number of benzene rings is 2. The summed E-state index contributed by atoms with van der Waals surface area (Å²) in [5, 5.41) is 0. The first kappa shape index (κ1) is 13.6. The van der Waals surface area contributed by atoms with Crippen molar-refractivity contribution in [1.29, 1.82) is 0 Å². The fraction of sp³-hybridized carbons (Fsp3) is 0.250. The van der Waals surface area contributed by atoms with Crippen molar-refractivity contribution < 1.29 is 9.57 Å². The fourth-order valence-electron chi connectivity index (χ4n) is 1.78. The SMILES string of the molecule is COc1ccc(C(C)NOCc2ccccc2)cc1. The number of rotatable bonds is 6. The lowest BCUT2D eigenvalue weighted by atomic mass is 10.1. The summed E-state index contributed by atoms with van der Waals surface area (Å²) in [6, 6.07) is 18.2. The smallest absolute Gasteiger partial charge is 0.118 e. The van der Waals surface area contributed by atoms with Gasteiger partial charge in [0.1, 0.15) is 5.75 Å². The second kappa shape index (κ2) is 6.92. The van der Waals surface area contributed by atoms with E-state index in [1.165, 1.54) is 0 Å². The van der Waals surface area contributed by atoms with E-state index in [1.54, 1.807) is 7.11 Å². The van der Waals surface area contributed by atoms with Gasteiger partial charge in [-0.1, -0.05) is 42.5 Å². The van der Waals surface area contributed by atoms with E-state index in [1.807, 2.05) is 54.6 Å². The van der Waals surface area contributed by atoms with Gasteiger partial charge in [0.15, 0.2) is 0 Å². The van der Waals surface area contributed by atoms with Crippen LogP contribution in [0.15, 0.2) is 54.6 Å². The summed E-state index contributed by atoms with van der Waals surface area (Å²) in [6.45, 7) is 2.62. The molecule has 0 amide bonds. The molecule has 2 rings (SSSR count). The molecule has 0 aliphatic rings. The average Bonchev–Trinajstić information content (AvgIpc) is 2.48. The molecule has 0 saturated carbocycles. The maximum absolute atomic E-state index is 5.51. The molecule has 1 atom stereocenters. The highest BCUT2D eigenvalue weighted by molar-refractivity contribution is 5.28. The Morgan fingerprint density at radius 1 is 1.00 bits per heavy atom. The summed E-state index contributed by atoms with van der Waals surface area (Å²) in [5.41, 5.74) is 5.35. The number of hydroxylamine groups is 1. The number of ether oxygens (including phenoxy) is 1. The maximum Gasteiger partial charge on any atom is 0.118 e. The van der Waals surface area contributed by atoms with E-state index in [2.05, 4.69) is 12.4 Å². The van der Waals surface area contributed by atoms with E-state index < -0.39 is 0 Å². The second-order valence-corrected chi connectivity index (χ2v) is 4.39.